The number of hydrogen-bond acceptors (Lipinski definition) is 9. The molecule has 9 nitrogen and oxygen atoms in total. The minimum Gasteiger partial charge on any atom is -0.465 e. The summed E-state index contributed by atoms with van der Waals surface area (Å²) in [6.07, 6.45) is 5.23. The first kappa shape index (κ1) is 19.8. The molecule has 2 atom stereocenters. The van der Waals surface area contributed by atoms with Crippen molar-refractivity contribution in [3.05, 3.63) is 30.9 Å². The average molecular weight is 389 g/mol. The molecule has 3 heterocycles. The Kier molecular flexibility index (Phi) is 5.64. The first-order chi connectivity index (χ1) is 13.3. The van der Waals surface area contributed by atoms with Gasteiger partial charge < -0.3 is 22.7 Å². The van der Waals surface area contributed by atoms with Crippen molar-refractivity contribution < 1.29 is 27.5 Å². The topological polar surface area (TPSA) is 114 Å². The zero-order valence-electron chi connectivity index (χ0n) is 16.5. The SMILES string of the molecule is CO[C@H](c1coc(-c2coc(-c3cocn3)n2)n1)[C@@H](C)COC(=O)C(C)(C)C. The lowest BCUT2D eigenvalue weighted by Crippen LogP contribution is -2.27. The van der Waals surface area contributed by atoms with Gasteiger partial charge in [0.1, 0.15) is 30.6 Å². The van der Waals surface area contributed by atoms with Crippen LogP contribution in [0.1, 0.15) is 39.5 Å². The number of ether oxygens (including phenoxy) is 2. The van der Waals surface area contributed by atoms with Gasteiger partial charge in [0.15, 0.2) is 17.8 Å². The van der Waals surface area contributed by atoms with Crippen molar-refractivity contribution in [2.24, 2.45) is 11.3 Å². The Bertz CT molecular complexity index is 906. The van der Waals surface area contributed by atoms with Crippen LogP contribution < -0.4 is 0 Å². The highest BCUT2D eigenvalue weighted by Gasteiger charge is 2.28. The van der Waals surface area contributed by atoms with E-state index in [1.807, 2.05) is 27.7 Å². The van der Waals surface area contributed by atoms with Gasteiger partial charge in [-0.1, -0.05) is 6.92 Å². The van der Waals surface area contributed by atoms with E-state index in [0.717, 1.165) is 0 Å². The van der Waals surface area contributed by atoms with Gasteiger partial charge in [-0.15, -0.1) is 0 Å². The Hall–Kier alpha value is -2.94. The minimum absolute atomic E-state index is 0.128. The highest BCUT2D eigenvalue weighted by Crippen LogP contribution is 2.29. The van der Waals surface area contributed by atoms with Crippen LogP contribution in [0, 0.1) is 11.3 Å². The summed E-state index contributed by atoms with van der Waals surface area (Å²) in [5.41, 5.74) is 0.911. The lowest BCUT2D eigenvalue weighted by molar-refractivity contribution is -0.155. The molecule has 3 rings (SSSR count). The number of methoxy groups -OCH3 is 1. The number of carbonyl (C=O) groups excluding carboxylic acids is 1. The maximum atomic E-state index is 12.0. The molecule has 0 spiro atoms. The van der Waals surface area contributed by atoms with Gasteiger partial charge in [-0.2, -0.15) is 0 Å². The Morgan fingerprint density at radius 1 is 1.11 bits per heavy atom. The minimum atomic E-state index is -0.558. The van der Waals surface area contributed by atoms with Crippen molar-refractivity contribution in [2.75, 3.05) is 13.7 Å². The number of hydrogen-bond donors (Lipinski definition) is 0. The van der Waals surface area contributed by atoms with Crippen molar-refractivity contribution in [1.82, 2.24) is 15.0 Å². The molecule has 0 radical (unpaired) electrons. The first-order valence-electron chi connectivity index (χ1n) is 8.79. The highest BCUT2D eigenvalue weighted by molar-refractivity contribution is 5.75. The third-order valence-electron chi connectivity index (χ3n) is 4.05. The lowest BCUT2D eigenvalue weighted by Gasteiger charge is -2.23. The molecule has 0 saturated carbocycles. The molecule has 0 saturated heterocycles. The Balaban J connectivity index is 1.70. The fourth-order valence-corrected chi connectivity index (χ4v) is 2.50. The summed E-state index contributed by atoms with van der Waals surface area (Å²) >= 11 is 0. The van der Waals surface area contributed by atoms with Gasteiger partial charge in [0.25, 0.3) is 0 Å². The Morgan fingerprint density at radius 3 is 2.46 bits per heavy atom. The van der Waals surface area contributed by atoms with Crippen molar-refractivity contribution in [3.8, 4) is 23.2 Å². The molecule has 0 aliphatic heterocycles. The van der Waals surface area contributed by atoms with Gasteiger partial charge in [-0.3, -0.25) is 4.79 Å². The van der Waals surface area contributed by atoms with Crippen LogP contribution in [0.15, 0.2) is 38.4 Å². The molecule has 28 heavy (non-hydrogen) atoms. The predicted octanol–water partition coefficient (Wildman–Crippen LogP) is 3.90. The largest absolute Gasteiger partial charge is 0.465 e. The maximum absolute atomic E-state index is 12.0. The van der Waals surface area contributed by atoms with Gasteiger partial charge in [0.2, 0.25) is 11.8 Å². The highest BCUT2D eigenvalue weighted by atomic mass is 16.5. The molecule has 3 aromatic rings. The van der Waals surface area contributed by atoms with Gasteiger partial charge in [0, 0.05) is 13.0 Å². The molecule has 0 bridgehead atoms. The Labute approximate surface area is 162 Å². The third-order valence-corrected chi connectivity index (χ3v) is 4.05. The van der Waals surface area contributed by atoms with Gasteiger partial charge >= 0.3 is 5.97 Å². The fourth-order valence-electron chi connectivity index (χ4n) is 2.50. The molecule has 0 aliphatic rings. The molecule has 0 fully saturated rings. The smallest absolute Gasteiger partial charge is 0.311 e. The molecule has 0 aliphatic carbocycles. The number of aromatic nitrogens is 3. The molecule has 0 unspecified atom stereocenters. The van der Waals surface area contributed by atoms with E-state index in [2.05, 4.69) is 15.0 Å². The summed E-state index contributed by atoms with van der Waals surface area (Å²) in [5, 5.41) is 0. The number of carbonyl (C=O) groups is 1. The lowest BCUT2D eigenvalue weighted by atomic mass is 9.97. The number of esters is 1. The van der Waals surface area contributed by atoms with E-state index in [-0.39, 0.29) is 24.4 Å². The molecule has 150 valence electrons. The van der Waals surface area contributed by atoms with E-state index in [9.17, 15) is 4.79 Å². The van der Waals surface area contributed by atoms with E-state index in [0.29, 0.717) is 23.0 Å². The van der Waals surface area contributed by atoms with Crippen LogP contribution in [0.5, 0.6) is 0 Å². The molecule has 3 aromatic heterocycles. The molecular formula is C19H23N3O6. The summed E-state index contributed by atoms with van der Waals surface area (Å²) in [4.78, 5) is 24.7. The first-order valence-corrected chi connectivity index (χ1v) is 8.79. The van der Waals surface area contributed by atoms with Crippen LogP contribution in [0.25, 0.3) is 23.2 Å². The van der Waals surface area contributed by atoms with E-state index in [1.165, 1.54) is 25.2 Å². The van der Waals surface area contributed by atoms with Gasteiger partial charge in [0.05, 0.1) is 12.0 Å². The summed E-state index contributed by atoms with van der Waals surface area (Å²) < 4.78 is 26.8. The van der Waals surface area contributed by atoms with E-state index < -0.39 is 11.5 Å². The standard InChI is InChI=1S/C19H23N3O6/c1-11(6-28-18(23)19(2,3)4)15(24-5)12-8-26-17(21-12)14-9-27-16(22-14)13-7-25-10-20-13/h7-11,15H,6H2,1-5H3/t11-,15-/m0/s1. The quantitative estimate of drug-likeness (QED) is 0.555. The monoisotopic (exact) mass is 389 g/mol. The third kappa shape index (κ3) is 4.30. The molecule has 0 amide bonds. The second-order valence-electron chi connectivity index (χ2n) is 7.47. The van der Waals surface area contributed by atoms with Gasteiger partial charge in [-0.05, 0) is 20.8 Å². The summed E-state index contributed by atoms with van der Waals surface area (Å²) in [5.74, 6) is 0.193. The number of oxazole rings is 3. The second-order valence-corrected chi connectivity index (χ2v) is 7.47. The van der Waals surface area contributed by atoms with Crippen LogP contribution in [0.4, 0.5) is 0 Å². The maximum Gasteiger partial charge on any atom is 0.311 e. The molecule has 0 aromatic carbocycles. The van der Waals surface area contributed by atoms with Crippen molar-refractivity contribution in [2.45, 2.75) is 33.8 Å². The molecular weight excluding hydrogens is 366 g/mol. The molecule has 9 heteroatoms. The normalized spacial score (nSPS) is 14.0. The molecule has 0 N–H and O–H groups in total. The number of nitrogens with zero attached hydrogens (tertiary/aromatic N) is 3. The zero-order valence-corrected chi connectivity index (χ0v) is 16.5. The van der Waals surface area contributed by atoms with E-state index >= 15 is 0 Å². The van der Waals surface area contributed by atoms with Crippen molar-refractivity contribution in [3.63, 3.8) is 0 Å². The van der Waals surface area contributed by atoms with E-state index in [1.54, 1.807) is 7.11 Å². The Morgan fingerprint density at radius 2 is 1.82 bits per heavy atom. The van der Waals surface area contributed by atoms with Crippen LogP contribution in [-0.4, -0.2) is 34.6 Å². The number of rotatable bonds is 7. The predicted molar refractivity (Wildman–Crippen MR) is 96.8 cm³/mol. The van der Waals surface area contributed by atoms with Crippen LogP contribution >= 0.6 is 0 Å². The van der Waals surface area contributed by atoms with Crippen molar-refractivity contribution >= 4 is 5.97 Å². The summed E-state index contributed by atoms with van der Waals surface area (Å²) in [7, 11) is 1.57. The summed E-state index contributed by atoms with van der Waals surface area (Å²) in [6.45, 7) is 7.54. The van der Waals surface area contributed by atoms with Crippen LogP contribution in [-0.2, 0) is 14.3 Å². The van der Waals surface area contributed by atoms with Gasteiger partial charge in [-0.25, -0.2) is 15.0 Å². The zero-order chi connectivity index (χ0) is 20.3. The van der Waals surface area contributed by atoms with Crippen LogP contribution in [0.2, 0.25) is 0 Å². The second kappa shape index (κ2) is 7.97. The van der Waals surface area contributed by atoms with Crippen molar-refractivity contribution in [1.29, 1.82) is 0 Å². The fraction of sp³-hybridized carbons (Fsp3) is 0.474. The summed E-state index contributed by atoms with van der Waals surface area (Å²) in [6, 6.07) is 0. The van der Waals surface area contributed by atoms with Crippen LogP contribution in [0.3, 0.4) is 0 Å². The average Bonchev–Trinajstić information content (AvgIpc) is 3.39. The van der Waals surface area contributed by atoms with E-state index in [4.69, 9.17) is 22.7 Å².